The Balaban J connectivity index is 1.91. The van der Waals surface area contributed by atoms with Crippen LogP contribution in [0.4, 0.5) is 0 Å². The first kappa shape index (κ1) is 14.7. The zero-order valence-corrected chi connectivity index (χ0v) is 12.6. The quantitative estimate of drug-likeness (QED) is 0.849. The largest absolute Gasteiger partial charge is 0.366 e. The van der Waals surface area contributed by atoms with Crippen LogP contribution < -0.4 is 11.1 Å². The minimum atomic E-state index is -0.447. The van der Waals surface area contributed by atoms with Crippen LogP contribution in [0.15, 0.2) is 18.2 Å². The van der Waals surface area contributed by atoms with Crippen molar-refractivity contribution in [3.05, 3.63) is 34.3 Å². The number of hydrogen-bond donors (Lipinski definition) is 2. The van der Waals surface area contributed by atoms with E-state index < -0.39 is 5.91 Å². The zero-order valence-electron chi connectivity index (χ0n) is 11.0. The van der Waals surface area contributed by atoms with Crippen molar-refractivity contribution in [2.75, 3.05) is 12.8 Å². The fraction of sp³-hybridized carbons (Fsp3) is 0.500. The first-order valence-corrected chi connectivity index (χ1v) is 8.01. The lowest BCUT2D eigenvalue weighted by Crippen LogP contribution is -2.43. The van der Waals surface area contributed by atoms with E-state index >= 15 is 0 Å². The molecule has 1 aliphatic carbocycles. The highest BCUT2D eigenvalue weighted by Crippen LogP contribution is 2.42. The number of amides is 1. The second-order valence-electron chi connectivity index (χ2n) is 5.01. The normalized spacial score (nSPS) is 16.9. The summed E-state index contributed by atoms with van der Waals surface area (Å²) in [5, 5.41) is 4.06. The van der Waals surface area contributed by atoms with Gasteiger partial charge in [-0.3, -0.25) is 4.79 Å². The molecule has 19 heavy (non-hydrogen) atoms. The third-order valence-corrected chi connectivity index (χ3v) is 5.57. The molecular formula is C14H19ClN2OS. The number of halogens is 1. The molecule has 0 unspecified atom stereocenters. The van der Waals surface area contributed by atoms with Crippen LogP contribution in [-0.4, -0.2) is 23.5 Å². The van der Waals surface area contributed by atoms with Gasteiger partial charge in [0.1, 0.15) is 0 Å². The van der Waals surface area contributed by atoms with Crippen molar-refractivity contribution in [2.24, 2.45) is 5.73 Å². The highest BCUT2D eigenvalue weighted by Gasteiger charge is 2.35. The first-order valence-electron chi connectivity index (χ1n) is 6.40. The number of nitrogens with one attached hydrogen (secondary N) is 1. The van der Waals surface area contributed by atoms with Gasteiger partial charge >= 0.3 is 0 Å². The number of hydrogen-bond acceptors (Lipinski definition) is 3. The summed E-state index contributed by atoms with van der Waals surface area (Å²) in [6.45, 7) is 1.72. The molecule has 0 saturated heterocycles. The van der Waals surface area contributed by atoms with Gasteiger partial charge in [-0.15, -0.1) is 0 Å². The highest BCUT2D eigenvalue weighted by molar-refractivity contribution is 8.00. The third kappa shape index (κ3) is 3.44. The third-order valence-electron chi connectivity index (χ3n) is 3.80. The van der Waals surface area contributed by atoms with Gasteiger partial charge in [0.2, 0.25) is 5.91 Å². The molecule has 5 heteroatoms. The molecule has 1 aromatic carbocycles. The van der Waals surface area contributed by atoms with Gasteiger partial charge in [0.15, 0.2) is 0 Å². The first-order chi connectivity index (χ1) is 9.06. The van der Waals surface area contributed by atoms with E-state index in [2.05, 4.69) is 11.6 Å². The second kappa shape index (κ2) is 6.16. The van der Waals surface area contributed by atoms with Crippen molar-refractivity contribution >= 4 is 29.3 Å². The lowest BCUT2D eigenvalue weighted by molar-refractivity contribution is 0.100. The van der Waals surface area contributed by atoms with Gasteiger partial charge in [-0.05, 0) is 36.8 Å². The van der Waals surface area contributed by atoms with Crippen molar-refractivity contribution in [2.45, 2.75) is 30.6 Å². The van der Waals surface area contributed by atoms with Gasteiger partial charge in [-0.1, -0.05) is 24.1 Å². The maximum absolute atomic E-state index is 11.0. The van der Waals surface area contributed by atoms with E-state index in [0.717, 1.165) is 18.7 Å². The fourth-order valence-electron chi connectivity index (χ4n) is 2.29. The molecule has 2 rings (SSSR count). The number of nitrogens with two attached hydrogens (primary N) is 1. The molecule has 1 saturated carbocycles. The summed E-state index contributed by atoms with van der Waals surface area (Å²) < 4.78 is 0.416. The molecule has 0 bridgehead atoms. The molecule has 0 radical (unpaired) electrons. The van der Waals surface area contributed by atoms with Crippen LogP contribution in [0.1, 0.15) is 35.2 Å². The number of rotatable bonds is 6. The van der Waals surface area contributed by atoms with Crippen LogP contribution in [0.2, 0.25) is 5.02 Å². The zero-order chi connectivity index (χ0) is 13.9. The van der Waals surface area contributed by atoms with E-state index in [1.54, 1.807) is 12.1 Å². The van der Waals surface area contributed by atoms with Crippen LogP contribution in [-0.2, 0) is 6.54 Å². The molecular weight excluding hydrogens is 280 g/mol. The average molecular weight is 299 g/mol. The monoisotopic (exact) mass is 298 g/mol. The molecule has 1 aromatic rings. The number of benzene rings is 1. The summed E-state index contributed by atoms with van der Waals surface area (Å²) in [5.41, 5.74) is 6.67. The summed E-state index contributed by atoms with van der Waals surface area (Å²) in [6.07, 6.45) is 6.08. The van der Waals surface area contributed by atoms with E-state index in [-0.39, 0.29) is 0 Å². The van der Waals surface area contributed by atoms with E-state index in [9.17, 15) is 4.79 Å². The van der Waals surface area contributed by atoms with Gasteiger partial charge < -0.3 is 11.1 Å². The van der Waals surface area contributed by atoms with Crippen LogP contribution >= 0.6 is 23.4 Å². The Kier molecular flexibility index (Phi) is 4.76. The minimum Gasteiger partial charge on any atom is -0.366 e. The van der Waals surface area contributed by atoms with Crippen molar-refractivity contribution in [1.29, 1.82) is 0 Å². The summed E-state index contributed by atoms with van der Waals surface area (Å²) >= 11 is 8.10. The predicted octanol–water partition coefficient (Wildman–Crippen LogP) is 2.81. The SMILES string of the molecule is CSC1(CNCc2ccc(C(N)=O)cc2Cl)CCC1. The van der Waals surface area contributed by atoms with Crippen molar-refractivity contribution in [3.63, 3.8) is 0 Å². The number of primary amides is 1. The molecule has 0 atom stereocenters. The van der Waals surface area contributed by atoms with Gasteiger partial charge in [0.25, 0.3) is 0 Å². The Labute approximate surface area is 123 Å². The van der Waals surface area contributed by atoms with Crippen molar-refractivity contribution < 1.29 is 4.79 Å². The van der Waals surface area contributed by atoms with E-state index in [1.807, 2.05) is 17.8 Å². The fourth-order valence-corrected chi connectivity index (χ4v) is 3.48. The Bertz CT molecular complexity index is 469. The highest BCUT2D eigenvalue weighted by atomic mass is 35.5. The standard InChI is InChI=1S/C14H19ClN2OS/c1-19-14(5-2-6-14)9-17-8-11-4-3-10(13(16)18)7-12(11)15/h3-4,7,17H,2,5-6,8-9H2,1H3,(H2,16,18). The Morgan fingerprint density at radius 3 is 2.74 bits per heavy atom. The number of carbonyl (C=O) groups excluding carboxylic acids is 1. The molecule has 0 spiro atoms. The van der Waals surface area contributed by atoms with Crippen molar-refractivity contribution in [1.82, 2.24) is 5.32 Å². The summed E-state index contributed by atoms with van der Waals surface area (Å²) in [4.78, 5) is 11.0. The maximum Gasteiger partial charge on any atom is 0.248 e. The van der Waals surface area contributed by atoms with Gasteiger partial charge in [0, 0.05) is 28.4 Å². The van der Waals surface area contributed by atoms with Crippen LogP contribution in [0, 0.1) is 0 Å². The molecule has 0 aliphatic heterocycles. The Morgan fingerprint density at radius 2 is 2.26 bits per heavy atom. The summed E-state index contributed by atoms with van der Waals surface area (Å²) in [6, 6.07) is 5.22. The maximum atomic E-state index is 11.0. The van der Waals surface area contributed by atoms with E-state index in [1.165, 1.54) is 19.3 Å². The molecule has 1 amide bonds. The van der Waals surface area contributed by atoms with Crippen LogP contribution in [0.25, 0.3) is 0 Å². The van der Waals surface area contributed by atoms with Crippen LogP contribution in [0.3, 0.4) is 0 Å². The average Bonchev–Trinajstić information content (AvgIpc) is 2.34. The molecule has 104 valence electrons. The minimum absolute atomic E-state index is 0.416. The molecule has 3 N–H and O–H groups in total. The smallest absolute Gasteiger partial charge is 0.248 e. The molecule has 0 heterocycles. The number of thioether (sulfide) groups is 1. The summed E-state index contributed by atoms with van der Waals surface area (Å²) in [5.74, 6) is -0.447. The van der Waals surface area contributed by atoms with Gasteiger partial charge in [-0.25, -0.2) is 0 Å². The predicted molar refractivity (Wildman–Crippen MR) is 81.8 cm³/mol. The molecule has 3 nitrogen and oxygen atoms in total. The van der Waals surface area contributed by atoms with Gasteiger partial charge in [-0.2, -0.15) is 11.8 Å². The Hall–Kier alpha value is -0.710. The lowest BCUT2D eigenvalue weighted by Gasteiger charge is -2.40. The van der Waals surface area contributed by atoms with E-state index in [0.29, 0.717) is 15.3 Å². The number of carbonyl (C=O) groups is 1. The topological polar surface area (TPSA) is 55.1 Å². The summed E-state index contributed by atoms with van der Waals surface area (Å²) in [7, 11) is 0. The van der Waals surface area contributed by atoms with Crippen LogP contribution in [0.5, 0.6) is 0 Å². The van der Waals surface area contributed by atoms with Gasteiger partial charge in [0.05, 0.1) is 0 Å². The van der Waals surface area contributed by atoms with E-state index in [4.69, 9.17) is 17.3 Å². The molecule has 0 aromatic heterocycles. The molecule has 1 fully saturated rings. The molecule has 1 aliphatic rings. The Morgan fingerprint density at radius 1 is 1.53 bits per heavy atom. The van der Waals surface area contributed by atoms with Crippen molar-refractivity contribution in [3.8, 4) is 0 Å². The second-order valence-corrected chi connectivity index (χ2v) is 6.70. The lowest BCUT2D eigenvalue weighted by atomic mass is 9.84.